The van der Waals surface area contributed by atoms with Crippen molar-refractivity contribution >= 4 is 28.7 Å². The van der Waals surface area contributed by atoms with Crippen LogP contribution in [0.25, 0.3) is 0 Å². The number of pyridine rings is 1. The summed E-state index contributed by atoms with van der Waals surface area (Å²) in [4.78, 5) is 28.1. The molecule has 28 heavy (non-hydrogen) atoms. The van der Waals surface area contributed by atoms with E-state index in [-0.39, 0.29) is 17.4 Å². The average Bonchev–Trinajstić information content (AvgIpc) is 2.70. The molecule has 1 aromatic carbocycles. The Kier molecular flexibility index (Phi) is 6.95. The van der Waals surface area contributed by atoms with Crippen molar-refractivity contribution in [1.82, 2.24) is 14.4 Å². The molecule has 1 aliphatic rings. The van der Waals surface area contributed by atoms with Gasteiger partial charge in [-0.3, -0.25) is 9.69 Å². The highest BCUT2D eigenvalue weighted by atomic mass is 127. The molecule has 1 N–H and O–H groups in total. The average molecular weight is 497 g/mol. The molecule has 1 aliphatic heterocycles. The number of ether oxygens (including phenoxy) is 1. The van der Waals surface area contributed by atoms with Gasteiger partial charge in [-0.25, -0.2) is 4.79 Å². The molecule has 7 nitrogen and oxygen atoms in total. The van der Waals surface area contributed by atoms with Crippen LogP contribution in [-0.2, 0) is 17.8 Å². The van der Waals surface area contributed by atoms with Crippen LogP contribution in [-0.4, -0.2) is 58.4 Å². The number of benzene rings is 1. The minimum Gasteiger partial charge on any atom is -0.503 e. The summed E-state index contributed by atoms with van der Waals surface area (Å²) in [6.07, 6.45) is 1.44. The van der Waals surface area contributed by atoms with Gasteiger partial charge < -0.3 is 19.3 Å². The van der Waals surface area contributed by atoms with E-state index < -0.39 is 0 Å². The van der Waals surface area contributed by atoms with E-state index in [4.69, 9.17) is 4.74 Å². The number of carbonyl (C=O) groups is 1. The SMILES string of the molecule is CCOC(=O)N1CCN(Cc2ccn(Cc3ccc(I)cc3)c(=O)c2O)CC1. The Labute approximate surface area is 177 Å². The van der Waals surface area contributed by atoms with E-state index in [1.54, 1.807) is 24.1 Å². The lowest BCUT2D eigenvalue weighted by Crippen LogP contribution is -2.48. The Balaban J connectivity index is 1.63. The van der Waals surface area contributed by atoms with Crippen LogP contribution < -0.4 is 5.56 Å². The maximum Gasteiger partial charge on any atom is 0.409 e. The molecule has 8 heteroatoms. The molecule has 2 heterocycles. The van der Waals surface area contributed by atoms with Crippen LogP contribution in [0.4, 0.5) is 4.79 Å². The predicted molar refractivity (Wildman–Crippen MR) is 114 cm³/mol. The first kappa shape index (κ1) is 20.7. The van der Waals surface area contributed by atoms with Crippen LogP contribution in [0.2, 0.25) is 0 Å². The minimum absolute atomic E-state index is 0.208. The quantitative estimate of drug-likeness (QED) is 0.643. The predicted octanol–water partition coefficient (Wildman–Crippen LogP) is 2.48. The topological polar surface area (TPSA) is 75.0 Å². The third-order valence-electron chi connectivity index (χ3n) is 4.78. The smallest absolute Gasteiger partial charge is 0.409 e. The highest BCUT2D eigenvalue weighted by Crippen LogP contribution is 2.16. The van der Waals surface area contributed by atoms with Crippen LogP contribution in [0, 0.1) is 3.57 Å². The fourth-order valence-electron chi connectivity index (χ4n) is 3.18. The molecule has 150 valence electrons. The summed E-state index contributed by atoms with van der Waals surface area (Å²) in [6, 6.07) is 9.72. The van der Waals surface area contributed by atoms with Gasteiger partial charge in [-0.05, 0) is 53.3 Å². The van der Waals surface area contributed by atoms with Gasteiger partial charge in [-0.2, -0.15) is 0 Å². The van der Waals surface area contributed by atoms with Crippen molar-refractivity contribution in [2.45, 2.75) is 20.0 Å². The molecule has 0 atom stereocenters. The Morgan fingerprint density at radius 2 is 1.79 bits per heavy atom. The number of aromatic hydroxyl groups is 1. The molecule has 1 amide bonds. The number of halogens is 1. The number of carbonyl (C=O) groups excluding carboxylic acids is 1. The second kappa shape index (κ2) is 9.42. The van der Waals surface area contributed by atoms with Gasteiger partial charge in [0, 0.05) is 48.1 Å². The van der Waals surface area contributed by atoms with Gasteiger partial charge in [0.15, 0.2) is 5.75 Å². The van der Waals surface area contributed by atoms with E-state index in [1.807, 2.05) is 24.3 Å². The highest BCUT2D eigenvalue weighted by molar-refractivity contribution is 14.1. The van der Waals surface area contributed by atoms with Crippen molar-refractivity contribution in [3.8, 4) is 5.75 Å². The van der Waals surface area contributed by atoms with E-state index in [0.717, 1.165) is 9.13 Å². The van der Waals surface area contributed by atoms with E-state index >= 15 is 0 Å². The molecule has 2 aromatic rings. The lowest BCUT2D eigenvalue weighted by atomic mass is 10.2. The van der Waals surface area contributed by atoms with Gasteiger partial charge >= 0.3 is 6.09 Å². The Morgan fingerprint density at radius 1 is 1.11 bits per heavy atom. The molecule has 1 saturated heterocycles. The molecule has 0 aliphatic carbocycles. The maximum absolute atomic E-state index is 12.5. The lowest BCUT2D eigenvalue weighted by molar-refractivity contribution is 0.0776. The monoisotopic (exact) mass is 497 g/mol. The summed E-state index contributed by atoms with van der Waals surface area (Å²) in [7, 11) is 0. The lowest BCUT2D eigenvalue weighted by Gasteiger charge is -2.34. The zero-order chi connectivity index (χ0) is 20.1. The van der Waals surface area contributed by atoms with Crippen LogP contribution in [0.1, 0.15) is 18.1 Å². The van der Waals surface area contributed by atoms with E-state index in [9.17, 15) is 14.7 Å². The Hall–Kier alpha value is -2.07. The summed E-state index contributed by atoms with van der Waals surface area (Å²) < 4.78 is 7.67. The molecular formula is C20H24IN3O4. The van der Waals surface area contributed by atoms with E-state index in [2.05, 4.69) is 27.5 Å². The highest BCUT2D eigenvalue weighted by Gasteiger charge is 2.23. The van der Waals surface area contributed by atoms with E-state index in [0.29, 0.717) is 51.4 Å². The second-order valence-electron chi connectivity index (χ2n) is 6.71. The van der Waals surface area contributed by atoms with E-state index in [1.165, 1.54) is 4.57 Å². The van der Waals surface area contributed by atoms with Gasteiger partial charge in [0.25, 0.3) is 5.56 Å². The van der Waals surface area contributed by atoms with Crippen LogP contribution >= 0.6 is 22.6 Å². The van der Waals surface area contributed by atoms with Gasteiger partial charge in [0.2, 0.25) is 0 Å². The van der Waals surface area contributed by atoms with Gasteiger partial charge in [-0.15, -0.1) is 0 Å². The molecule has 0 unspecified atom stereocenters. The number of nitrogens with zero attached hydrogens (tertiary/aromatic N) is 3. The standard InChI is InChI=1S/C20H24IN3O4/c1-2-28-20(27)23-11-9-22(10-12-23)14-16-7-8-24(19(26)18(16)25)13-15-3-5-17(21)6-4-15/h3-8,25H,2,9-14H2,1H3. The third kappa shape index (κ3) is 5.05. The molecule has 0 radical (unpaired) electrons. The number of amides is 1. The Morgan fingerprint density at radius 3 is 2.43 bits per heavy atom. The van der Waals surface area contributed by atoms with Gasteiger partial charge in [-0.1, -0.05) is 12.1 Å². The zero-order valence-electron chi connectivity index (χ0n) is 15.8. The summed E-state index contributed by atoms with van der Waals surface area (Å²) in [5.74, 6) is -0.208. The number of hydrogen-bond acceptors (Lipinski definition) is 5. The second-order valence-corrected chi connectivity index (χ2v) is 7.96. The molecule has 0 bridgehead atoms. The van der Waals surface area contributed by atoms with Crippen LogP contribution in [0.15, 0.2) is 41.3 Å². The first-order valence-electron chi connectivity index (χ1n) is 9.27. The first-order chi connectivity index (χ1) is 13.5. The number of piperazine rings is 1. The molecule has 1 fully saturated rings. The maximum atomic E-state index is 12.5. The van der Waals surface area contributed by atoms with Crippen LogP contribution in [0.5, 0.6) is 5.75 Å². The summed E-state index contributed by atoms with van der Waals surface area (Å²) >= 11 is 2.24. The van der Waals surface area contributed by atoms with Crippen molar-refractivity contribution < 1.29 is 14.6 Å². The third-order valence-corrected chi connectivity index (χ3v) is 5.50. The van der Waals surface area contributed by atoms with Gasteiger partial charge in [0.05, 0.1) is 13.2 Å². The zero-order valence-corrected chi connectivity index (χ0v) is 18.0. The minimum atomic E-state index is -0.388. The fourth-order valence-corrected chi connectivity index (χ4v) is 3.54. The number of aromatic nitrogens is 1. The van der Waals surface area contributed by atoms with Crippen molar-refractivity contribution in [1.29, 1.82) is 0 Å². The van der Waals surface area contributed by atoms with Gasteiger partial charge in [0.1, 0.15) is 0 Å². The summed E-state index contributed by atoms with van der Waals surface area (Å²) in [5, 5.41) is 10.4. The largest absolute Gasteiger partial charge is 0.503 e. The normalized spacial score (nSPS) is 14.9. The van der Waals surface area contributed by atoms with Crippen molar-refractivity contribution in [2.24, 2.45) is 0 Å². The molecule has 0 spiro atoms. The summed E-state index contributed by atoms with van der Waals surface area (Å²) in [5.41, 5.74) is 1.22. The van der Waals surface area contributed by atoms with Crippen molar-refractivity contribution in [3.63, 3.8) is 0 Å². The molecule has 1 aromatic heterocycles. The number of hydrogen-bond donors (Lipinski definition) is 1. The number of rotatable bonds is 5. The summed E-state index contributed by atoms with van der Waals surface area (Å²) in [6.45, 7) is 5.54. The first-order valence-corrected chi connectivity index (χ1v) is 10.4. The molecular weight excluding hydrogens is 473 g/mol. The van der Waals surface area contributed by atoms with Crippen molar-refractivity contribution in [3.05, 3.63) is 61.6 Å². The molecule has 0 saturated carbocycles. The van der Waals surface area contributed by atoms with Crippen molar-refractivity contribution in [2.75, 3.05) is 32.8 Å². The van der Waals surface area contributed by atoms with Crippen LogP contribution in [0.3, 0.4) is 0 Å². The fraction of sp³-hybridized carbons (Fsp3) is 0.400. The molecule has 3 rings (SSSR count). The Bertz CT molecular complexity index is 874.